The average molecular weight is 567 g/mol. The van der Waals surface area contributed by atoms with Gasteiger partial charge in [0.25, 0.3) is 0 Å². The Hall–Kier alpha value is -2.54. The minimum atomic E-state index is -3.54. The molecule has 1 saturated heterocycles. The van der Waals surface area contributed by atoms with Crippen molar-refractivity contribution in [2.45, 2.75) is 62.8 Å². The van der Waals surface area contributed by atoms with E-state index < -0.39 is 58.2 Å². The molecule has 0 bridgehead atoms. The maximum absolute atomic E-state index is 13.1. The Labute approximate surface area is 214 Å². The van der Waals surface area contributed by atoms with E-state index in [2.05, 4.69) is 15.9 Å². The summed E-state index contributed by atoms with van der Waals surface area (Å²) in [5.41, 5.74) is -10.2. The van der Waals surface area contributed by atoms with Crippen LogP contribution in [0.4, 0.5) is 0 Å². The molecule has 10 nitrogen and oxygen atoms in total. The van der Waals surface area contributed by atoms with Crippen molar-refractivity contribution >= 4 is 49.8 Å². The molecule has 2 aromatic carbocycles. The van der Waals surface area contributed by atoms with Crippen LogP contribution in [-0.2, 0) is 23.9 Å². The number of hydrogen-bond acceptors (Lipinski definition) is 10. The lowest BCUT2D eigenvalue weighted by molar-refractivity contribution is -0.329. The van der Waals surface area contributed by atoms with E-state index in [0.29, 0.717) is 15.2 Å². The molecular formula is C25H27BrO10. The summed E-state index contributed by atoms with van der Waals surface area (Å²) in [5.74, 6) is -4.82. The van der Waals surface area contributed by atoms with Crippen LogP contribution in [0.15, 0.2) is 34.8 Å². The molecule has 4 N–H and O–H groups in total. The minimum absolute atomic E-state index is 0.0220. The van der Waals surface area contributed by atoms with Crippen LogP contribution in [0.25, 0.3) is 10.8 Å². The Morgan fingerprint density at radius 1 is 0.944 bits per heavy atom. The second-order valence-corrected chi connectivity index (χ2v) is 9.87. The van der Waals surface area contributed by atoms with Crippen LogP contribution in [0.2, 0.25) is 0 Å². The number of ether oxygens (including phenoxy) is 2. The molecule has 3 rings (SSSR count). The van der Waals surface area contributed by atoms with Crippen molar-refractivity contribution in [2.24, 2.45) is 0 Å². The number of carbonyl (C=O) groups is 4. The highest BCUT2D eigenvalue weighted by atomic mass is 79.9. The molecule has 2 aromatic rings. The third-order valence-corrected chi connectivity index (χ3v) is 7.42. The smallest absolute Gasteiger partial charge is 0.200 e. The summed E-state index contributed by atoms with van der Waals surface area (Å²) < 4.78 is 12.0. The third-order valence-electron chi connectivity index (χ3n) is 6.93. The summed E-state index contributed by atoms with van der Waals surface area (Å²) in [5, 5.41) is 46.9. The van der Waals surface area contributed by atoms with E-state index in [0.717, 1.165) is 27.7 Å². The molecule has 1 heterocycles. The highest BCUT2D eigenvalue weighted by molar-refractivity contribution is 9.10. The van der Waals surface area contributed by atoms with Gasteiger partial charge in [-0.25, -0.2) is 0 Å². The van der Waals surface area contributed by atoms with Gasteiger partial charge >= 0.3 is 0 Å². The molecule has 1 aliphatic heterocycles. The van der Waals surface area contributed by atoms with Gasteiger partial charge in [-0.05, 0) is 56.7 Å². The summed E-state index contributed by atoms with van der Waals surface area (Å²) in [4.78, 5) is 51.1. The fraction of sp³-hybridized carbons (Fsp3) is 0.440. The standard InChI is InChI=1S/C25H27BrO10/c1-11(27)20(31)22-24(33,13(3)29)25(34,14(4)30)23(32,12(2)28)21(36-22)19-17-8-7-16(26)10-15(17)6-9-18(19)35-5/h6-10,20-22,31-34H,1-5H3/t20?,21-,22+,23-,24-,25+/m0/s1. The molecule has 194 valence electrons. The summed E-state index contributed by atoms with van der Waals surface area (Å²) in [7, 11) is 1.30. The molecule has 0 spiro atoms. The molecule has 11 heteroatoms. The largest absolute Gasteiger partial charge is 0.496 e. The molecule has 0 aromatic heterocycles. The maximum Gasteiger partial charge on any atom is 0.200 e. The molecule has 0 amide bonds. The van der Waals surface area contributed by atoms with E-state index in [1.165, 1.54) is 13.2 Å². The zero-order valence-corrected chi connectivity index (χ0v) is 21.8. The van der Waals surface area contributed by atoms with Gasteiger partial charge in [-0.1, -0.05) is 28.1 Å². The van der Waals surface area contributed by atoms with Gasteiger partial charge in [0, 0.05) is 10.0 Å². The zero-order valence-electron chi connectivity index (χ0n) is 20.2. The van der Waals surface area contributed by atoms with Gasteiger partial charge < -0.3 is 29.9 Å². The van der Waals surface area contributed by atoms with Crippen LogP contribution >= 0.6 is 15.9 Å². The van der Waals surface area contributed by atoms with Crippen molar-refractivity contribution in [3.63, 3.8) is 0 Å². The average Bonchev–Trinajstić information content (AvgIpc) is 2.81. The monoisotopic (exact) mass is 566 g/mol. The fourth-order valence-corrected chi connectivity index (χ4v) is 5.39. The van der Waals surface area contributed by atoms with Crippen molar-refractivity contribution in [3.05, 3.63) is 40.4 Å². The molecule has 1 fully saturated rings. The van der Waals surface area contributed by atoms with Crippen LogP contribution in [-0.4, -0.2) is 79.7 Å². The van der Waals surface area contributed by atoms with Crippen LogP contribution in [0.3, 0.4) is 0 Å². The Morgan fingerprint density at radius 2 is 1.53 bits per heavy atom. The Bertz CT molecular complexity index is 1270. The molecule has 36 heavy (non-hydrogen) atoms. The Balaban J connectivity index is 2.54. The first-order valence-corrected chi connectivity index (χ1v) is 11.7. The topological polar surface area (TPSA) is 168 Å². The lowest BCUT2D eigenvalue weighted by atomic mass is 9.57. The quantitative estimate of drug-likeness (QED) is 0.378. The van der Waals surface area contributed by atoms with Crippen LogP contribution in [0.1, 0.15) is 39.4 Å². The lowest BCUT2D eigenvalue weighted by Gasteiger charge is -2.58. The SMILES string of the molecule is COc1ccc2cc(Br)ccc2c1[C@@H]1O[C@H](C(O)C(C)=O)[C@@](O)(C(C)=O)[C@@](O)(C(C)=O)[C@]1(O)C(C)=O. The van der Waals surface area contributed by atoms with E-state index in [9.17, 15) is 39.6 Å². The van der Waals surface area contributed by atoms with Gasteiger partial charge in [0.1, 0.15) is 24.1 Å². The third kappa shape index (κ3) is 3.65. The highest BCUT2D eigenvalue weighted by Crippen LogP contribution is 2.55. The molecule has 1 aliphatic rings. The number of carbonyl (C=O) groups excluding carboxylic acids is 4. The molecule has 0 saturated carbocycles. The highest BCUT2D eigenvalue weighted by Gasteiger charge is 2.79. The number of methoxy groups -OCH3 is 1. The van der Waals surface area contributed by atoms with Gasteiger partial charge in [-0.3, -0.25) is 19.2 Å². The number of halogens is 1. The van der Waals surface area contributed by atoms with Crippen molar-refractivity contribution < 1.29 is 49.1 Å². The zero-order chi connectivity index (χ0) is 27.4. The predicted molar refractivity (Wildman–Crippen MR) is 129 cm³/mol. The normalized spacial score (nSPS) is 31.1. The predicted octanol–water partition coefficient (Wildman–Crippen LogP) is 0.961. The fourth-order valence-electron chi connectivity index (χ4n) is 5.01. The van der Waals surface area contributed by atoms with E-state index >= 15 is 0 Å². The number of benzene rings is 2. The molecule has 0 aliphatic carbocycles. The first-order valence-electron chi connectivity index (χ1n) is 10.9. The van der Waals surface area contributed by atoms with E-state index in [1.54, 1.807) is 24.3 Å². The summed E-state index contributed by atoms with van der Waals surface area (Å²) in [6.45, 7) is 3.33. The van der Waals surface area contributed by atoms with Crippen LogP contribution < -0.4 is 4.74 Å². The second-order valence-electron chi connectivity index (χ2n) is 8.95. The van der Waals surface area contributed by atoms with Crippen molar-refractivity contribution in [1.82, 2.24) is 0 Å². The number of fused-ring (bicyclic) bond motifs is 1. The second kappa shape index (κ2) is 9.40. The molecular weight excluding hydrogens is 540 g/mol. The van der Waals surface area contributed by atoms with E-state index in [1.807, 2.05) is 0 Å². The number of rotatable bonds is 7. The minimum Gasteiger partial charge on any atom is -0.496 e. The van der Waals surface area contributed by atoms with Gasteiger partial charge in [-0.2, -0.15) is 0 Å². The molecule has 6 atom stereocenters. The van der Waals surface area contributed by atoms with E-state index in [4.69, 9.17) is 9.47 Å². The van der Waals surface area contributed by atoms with Gasteiger partial charge in [0.15, 0.2) is 39.9 Å². The van der Waals surface area contributed by atoms with Crippen LogP contribution in [0, 0.1) is 0 Å². The Kier molecular flexibility index (Phi) is 7.32. The van der Waals surface area contributed by atoms with Crippen molar-refractivity contribution in [2.75, 3.05) is 7.11 Å². The molecule has 1 unspecified atom stereocenters. The van der Waals surface area contributed by atoms with E-state index in [-0.39, 0.29) is 11.3 Å². The van der Waals surface area contributed by atoms with Crippen molar-refractivity contribution in [3.8, 4) is 5.75 Å². The summed E-state index contributed by atoms with van der Waals surface area (Å²) >= 11 is 3.36. The van der Waals surface area contributed by atoms with Crippen LogP contribution in [0.5, 0.6) is 5.75 Å². The maximum atomic E-state index is 13.1. The summed E-state index contributed by atoms with van der Waals surface area (Å²) in [6.07, 6.45) is -6.46. The van der Waals surface area contributed by atoms with Gasteiger partial charge in [0.05, 0.1) is 7.11 Å². The number of ketones is 4. The first-order chi connectivity index (χ1) is 16.6. The van der Waals surface area contributed by atoms with Gasteiger partial charge in [0.2, 0.25) is 0 Å². The number of hydrogen-bond donors (Lipinski definition) is 4. The number of aliphatic hydroxyl groups excluding tert-OH is 1. The van der Waals surface area contributed by atoms with Crippen molar-refractivity contribution in [1.29, 1.82) is 0 Å². The Morgan fingerprint density at radius 3 is 2.00 bits per heavy atom. The summed E-state index contributed by atoms with van der Waals surface area (Å²) in [6, 6.07) is 8.10. The van der Waals surface area contributed by atoms with Gasteiger partial charge in [-0.15, -0.1) is 0 Å². The number of aliphatic hydroxyl groups is 4. The first kappa shape index (κ1) is 28.0. The lowest BCUT2D eigenvalue weighted by Crippen LogP contribution is -2.85. The number of Topliss-reactive ketones (excluding diaryl/α,β-unsaturated/α-hetero) is 4. The molecule has 0 radical (unpaired) electrons.